The van der Waals surface area contributed by atoms with E-state index in [1.165, 1.54) is 0 Å². The van der Waals surface area contributed by atoms with Crippen molar-refractivity contribution in [3.63, 3.8) is 0 Å². The number of alkyl carbamates (subject to hydrolysis) is 1. The molecule has 1 atom stereocenters. The van der Waals surface area contributed by atoms with Gasteiger partial charge in [0.05, 0.1) is 6.42 Å². The predicted octanol–water partition coefficient (Wildman–Crippen LogP) is -1.04. The predicted molar refractivity (Wildman–Crippen MR) is 67.6 cm³/mol. The smallest absolute Gasteiger partial charge is 0.408 e. The third-order valence-electron chi connectivity index (χ3n) is 1.83. The van der Waals surface area contributed by atoms with Crippen molar-refractivity contribution < 1.29 is 29.0 Å². The normalized spacial score (nSPS) is 12.2. The van der Waals surface area contributed by atoms with Crippen LogP contribution >= 0.6 is 0 Å². The molecule has 0 saturated carbocycles. The minimum absolute atomic E-state index is 0.468. The van der Waals surface area contributed by atoms with E-state index in [-0.39, 0.29) is 0 Å². The zero-order valence-corrected chi connectivity index (χ0v) is 11.6. The Morgan fingerprint density at radius 1 is 1.25 bits per heavy atom. The maximum atomic E-state index is 11.6. The molecule has 0 aliphatic heterocycles. The second-order valence-electron chi connectivity index (χ2n) is 4.98. The van der Waals surface area contributed by atoms with Crippen molar-refractivity contribution in [2.45, 2.75) is 38.8 Å². The first-order chi connectivity index (χ1) is 9.01. The molecule has 5 N–H and O–H groups in total. The Bertz CT molecular complexity index is 401. The first-order valence-electron chi connectivity index (χ1n) is 5.78. The Balaban J connectivity index is 4.63. The lowest BCUT2D eigenvalue weighted by Crippen LogP contribution is -2.50. The molecule has 0 radical (unpaired) electrons. The summed E-state index contributed by atoms with van der Waals surface area (Å²) in [5.41, 5.74) is 4.18. The topological polar surface area (TPSA) is 148 Å². The number of primary amides is 1. The number of carboxylic acids is 1. The Hall–Kier alpha value is -2.32. The van der Waals surface area contributed by atoms with Gasteiger partial charge in [0.25, 0.3) is 0 Å². The van der Waals surface area contributed by atoms with E-state index in [0.29, 0.717) is 0 Å². The lowest BCUT2D eigenvalue weighted by atomic mass is 10.2. The number of carbonyl (C=O) groups is 4. The van der Waals surface area contributed by atoms with Crippen molar-refractivity contribution in [2.24, 2.45) is 5.73 Å². The number of hydrogen-bond donors (Lipinski definition) is 4. The van der Waals surface area contributed by atoms with Gasteiger partial charge < -0.3 is 26.2 Å². The molecule has 114 valence electrons. The number of carbonyl (C=O) groups excluding carboxylic acids is 3. The minimum Gasteiger partial charge on any atom is -0.480 e. The highest BCUT2D eigenvalue weighted by Gasteiger charge is 2.26. The fraction of sp³-hybridized carbons (Fsp3) is 0.636. The van der Waals surface area contributed by atoms with Gasteiger partial charge in [0.1, 0.15) is 18.2 Å². The molecule has 0 aromatic heterocycles. The molecule has 0 rings (SSSR count). The molecule has 0 aliphatic rings. The zero-order valence-electron chi connectivity index (χ0n) is 11.6. The molecule has 3 amide bonds. The summed E-state index contributed by atoms with van der Waals surface area (Å²) in [7, 11) is 0. The SMILES string of the molecule is CC(C)(C)OC(=O)N[C@@H](CC(N)=O)C(=O)NCC(=O)O. The van der Waals surface area contributed by atoms with Gasteiger partial charge in [0.2, 0.25) is 11.8 Å². The molecule has 0 heterocycles. The molecule has 0 aliphatic carbocycles. The van der Waals surface area contributed by atoms with Crippen molar-refractivity contribution in [3.05, 3.63) is 0 Å². The van der Waals surface area contributed by atoms with Crippen LogP contribution in [0.15, 0.2) is 0 Å². The summed E-state index contributed by atoms with van der Waals surface area (Å²) in [5.74, 6) is -2.91. The molecule has 20 heavy (non-hydrogen) atoms. The van der Waals surface area contributed by atoms with Crippen LogP contribution in [0, 0.1) is 0 Å². The van der Waals surface area contributed by atoms with Gasteiger partial charge in [-0.1, -0.05) is 0 Å². The molecule has 0 aromatic carbocycles. The second-order valence-corrected chi connectivity index (χ2v) is 4.98. The van der Waals surface area contributed by atoms with Gasteiger partial charge in [0.15, 0.2) is 0 Å². The number of hydrogen-bond acceptors (Lipinski definition) is 5. The van der Waals surface area contributed by atoms with E-state index in [4.69, 9.17) is 15.6 Å². The Labute approximate surface area is 115 Å². The molecule has 0 bridgehead atoms. The summed E-state index contributed by atoms with van der Waals surface area (Å²) in [6, 6.07) is -1.29. The van der Waals surface area contributed by atoms with E-state index >= 15 is 0 Å². The van der Waals surface area contributed by atoms with E-state index in [0.717, 1.165) is 0 Å². The molecule has 9 heteroatoms. The number of aliphatic carboxylic acids is 1. The third kappa shape index (κ3) is 8.72. The van der Waals surface area contributed by atoms with Crippen LogP contribution in [0.25, 0.3) is 0 Å². The average molecular weight is 289 g/mol. The summed E-state index contributed by atoms with van der Waals surface area (Å²) in [6.07, 6.45) is -1.38. The average Bonchev–Trinajstić information content (AvgIpc) is 2.21. The Morgan fingerprint density at radius 2 is 1.80 bits per heavy atom. The van der Waals surface area contributed by atoms with Gasteiger partial charge in [-0.25, -0.2) is 4.79 Å². The highest BCUT2D eigenvalue weighted by atomic mass is 16.6. The van der Waals surface area contributed by atoms with Crippen molar-refractivity contribution in [1.82, 2.24) is 10.6 Å². The first-order valence-corrected chi connectivity index (χ1v) is 5.78. The summed E-state index contributed by atoms with van der Waals surface area (Å²) in [5, 5.41) is 12.6. The molecule has 0 spiro atoms. The highest BCUT2D eigenvalue weighted by Crippen LogP contribution is 2.07. The Kier molecular flexibility index (Phi) is 6.47. The van der Waals surface area contributed by atoms with Crippen LogP contribution in [0.4, 0.5) is 4.79 Å². The molecular formula is C11H19N3O6. The van der Waals surface area contributed by atoms with Crippen LogP contribution in [-0.4, -0.2) is 47.2 Å². The number of ether oxygens (including phenoxy) is 1. The van der Waals surface area contributed by atoms with Gasteiger partial charge in [0, 0.05) is 0 Å². The van der Waals surface area contributed by atoms with Crippen molar-refractivity contribution in [1.29, 1.82) is 0 Å². The fourth-order valence-electron chi connectivity index (χ4n) is 1.15. The fourth-order valence-corrected chi connectivity index (χ4v) is 1.15. The summed E-state index contributed by atoms with van der Waals surface area (Å²) < 4.78 is 4.93. The zero-order chi connectivity index (χ0) is 15.9. The van der Waals surface area contributed by atoms with Crippen molar-refractivity contribution in [2.75, 3.05) is 6.54 Å². The quantitative estimate of drug-likeness (QED) is 0.490. The van der Waals surface area contributed by atoms with Gasteiger partial charge >= 0.3 is 12.1 Å². The third-order valence-corrected chi connectivity index (χ3v) is 1.83. The molecule has 0 aromatic rings. The van der Waals surface area contributed by atoms with E-state index in [9.17, 15) is 19.2 Å². The summed E-state index contributed by atoms with van der Waals surface area (Å²) in [6.45, 7) is 4.24. The van der Waals surface area contributed by atoms with Gasteiger partial charge in [-0.05, 0) is 20.8 Å². The largest absolute Gasteiger partial charge is 0.480 e. The van der Waals surface area contributed by atoms with Crippen molar-refractivity contribution in [3.8, 4) is 0 Å². The Morgan fingerprint density at radius 3 is 2.20 bits per heavy atom. The number of carboxylic acid groups (broad SMARTS) is 1. The lowest BCUT2D eigenvalue weighted by Gasteiger charge is -2.22. The van der Waals surface area contributed by atoms with Gasteiger partial charge in [-0.3, -0.25) is 14.4 Å². The maximum Gasteiger partial charge on any atom is 0.408 e. The molecule has 9 nitrogen and oxygen atoms in total. The standard InChI is InChI=1S/C11H19N3O6/c1-11(2,3)20-10(19)14-6(4-7(12)15)9(18)13-5-8(16)17/h6H,4-5H2,1-3H3,(H2,12,15)(H,13,18)(H,14,19)(H,16,17)/t6-/m0/s1. The van der Waals surface area contributed by atoms with Gasteiger partial charge in [-0.15, -0.1) is 0 Å². The van der Waals surface area contributed by atoms with Crippen LogP contribution in [0.5, 0.6) is 0 Å². The highest BCUT2D eigenvalue weighted by molar-refractivity contribution is 5.91. The van der Waals surface area contributed by atoms with Crippen LogP contribution in [0.2, 0.25) is 0 Å². The van der Waals surface area contributed by atoms with Gasteiger partial charge in [-0.2, -0.15) is 0 Å². The lowest BCUT2D eigenvalue weighted by molar-refractivity contribution is -0.138. The summed E-state index contributed by atoms with van der Waals surface area (Å²) >= 11 is 0. The van der Waals surface area contributed by atoms with E-state index in [1.54, 1.807) is 20.8 Å². The number of amides is 3. The molecule has 0 unspecified atom stereocenters. The van der Waals surface area contributed by atoms with E-state index in [1.807, 2.05) is 5.32 Å². The number of nitrogens with one attached hydrogen (secondary N) is 2. The first kappa shape index (κ1) is 17.7. The van der Waals surface area contributed by atoms with Crippen LogP contribution in [0.1, 0.15) is 27.2 Å². The minimum atomic E-state index is -1.29. The maximum absolute atomic E-state index is 11.6. The number of rotatable bonds is 6. The molecular weight excluding hydrogens is 270 g/mol. The van der Waals surface area contributed by atoms with Crippen LogP contribution in [0.3, 0.4) is 0 Å². The summed E-state index contributed by atoms with van der Waals surface area (Å²) in [4.78, 5) is 44.3. The van der Waals surface area contributed by atoms with Crippen LogP contribution < -0.4 is 16.4 Å². The molecule has 0 fully saturated rings. The molecule has 0 saturated heterocycles. The van der Waals surface area contributed by atoms with Crippen LogP contribution in [-0.2, 0) is 19.1 Å². The second kappa shape index (κ2) is 7.31. The number of nitrogens with two attached hydrogens (primary N) is 1. The van der Waals surface area contributed by atoms with E-state index in [2.05, 4.69) is 5.32 Å². The van der Waals surface area contributed by atoms with Crippen molar-refractivity contribution >= 4 is 23.9 Å². The monoisotopic (exact) mass is 289 g/mol. The van der Waals surface area contributed by atoms with E-state index < -0.39 is 48.5 Å².